The quantitative estimate of drug-likeness (QED) is 0.600. The predicted molar refractivity (Wildman–Crippen MR) is 82.9 cm³/mol. The molecule has 1 aliphatic rings. The number of hydrogen-bond acceptors (Lipinski definition) is 3. The molecule has 0 amide bonds. The monoisotopic (exact) mass is 297 g/mol. The fraction of sp³-hybridized carbons (Fsp3) is 0.250. The Bertz CT molecular complexity index is 796. The Kier molecular flexibility index (Phi) is 2.99. The average Bonchev–Trinajstić information content (AvgIpc) is 2.78. The normalized spacial score (nSPS) is 15.6. The van der Waals surface area contributed by atoms with Gasteiger partial charge < -0.3 is 17.4 Å². The lowest BCUT2D eigenvalue weighted by Crippen LogP contribution is -2.32. The largest absolute Gasteiger partial charge is 0.370 e. The van der Waals surface area contributed by atoms with Crippen molar-refractivity contribution >= 4 is 19.0 Å². The molecule has 0 fully saturated rings. The van der Waals surface area contributed by atoms with Gasteiger partial charge in [0.15, 0.2) is 6.21 Å². The maximum absolute atomic E-state index is 9.30. The summed E-state index contributed by atoms with van der Waals surface area (Å²) in [5.41, 5.74) is 3.44. The van der Waals surface area contributed by atoms with Crippen LogP contribution in [0, 0.1) is 11.3 Å². The number of rotatable bonds is 1. The predicted octanol–water partition coefficient (Wildman–Crippen LogP) is 2.69. The summed E-state index contributed by atoms with van der Waals surface area (Å²) in [6, 6.07) is 10.1. The summed E-state index contributed by atoms with van der Waals surface area (Å²) in [6.07, 6.45) is 3.76. The Hall–Kier alpha value is -2.32. The molecule has 4 nitrogen and oxygen atoms in total. The van der Waals surface area contributed by atoms with E-state index in [-0.39, 0.29) is 5.41 Å². The second-order valence-electron chi connectivity index (χ2n) is 5.74. The van der Waals surface area contributed by atoms with Gasteiger partial charge in [0.25, 0.3) is 0 Å². The lowest BCUT2D eigenvalue weighted by atomic mass is 9.83. The fourth-order valence-corrected chi connectivity index (χ4v) is 2.98. The molecule has 5 heteroatoms. The van der Waals surface area contributed by atoms with Crippen LogP contribution in [0.25, 0.3) is 11.1 Å². The van der Waals surface area contributed by atoms with Gasteiger partial charge in [0, 0.05) is 24.4 Å². The summed E-state index contributed by atoms with van der Waals surface area (Å²) in [5, 5.41) is 9.30. The van der Waals surface area contributed by atoms with Gasteiger partial charge in [-0.25, -0.2) is 0 Å². The molecule has 0 unspecified atom stereocenters. The highest BCUT2D eigenvalue weighted by atomic mass is 32.1. The van der Waals surface area contributed by atoms with Crippen LogP contribution in [0.1, 0.15) is 25.1 Å². The molecule has 3 rings (SSSR count). The van der Waals surface area contributed by atoms with Gasteiger partial charge in [-0.2, -0.15) is 5.26 Å². The van der Waals surface area contributed by atoms with Crippen LogP contribution in [-0.2, 0) is 25.3 Å². The first-order valence-electron chi connectivity index (χ1n) is 6.63. The molecule has 1 aromatic heterocycles. The van der Waals surface area contributed by atoms with Crippen molar-refractivity contribution in [3.63, 3.8) is 0 Å². The first-order chi connectivity index (χ1) is 9.92. The minimum absolute atomic E-state index is 0.215. The smallest absolute Gasteiger partial charge is 0.206 e. The van der Waals surface area contributed by atoms with E-state index in [0.29, 0.717) is 5.69 Å². The Morgan fingerprint density at radius 3 is 2.81 bits per heavy atom. The number of benzene rings is 1. The summed E-state index contributed by atoms with van der Waals surface area (Å²) in [7, 11) is 1.87. The number of nitriles is 1. The van der Waals surface area contributed by atoms with Crippen LogP contribution in [0.15, 0.2) is 30.5 Å². The standard InChI is InChI=1S/C16H15N3OS/c1-16(2)10-19(21)20-15-5-4-11(8-13(15)16)12-6-7-18(3)14(12)9-17/h4-8,10H,1-3H3. The van der Waals surface area contributed by atoms with Crippen molar-refractivity contribution in [3.05, 3.63) is 41.7 Å². The maximum atomic E-state index is 9.30. The molecular weight excluding hydrogens is 282 g/mol. The van der Waals surface area contributed by atoms with Gasteiger partial charge in [-0.15, -0.1) is 4.14 Å². The number of hydrogen-bond donors (Lipinski definition) is 0. The van der Waals surface area contributed by atoms with E-state index in [2.05, 4.69) is 26.0 Å². The third-order valence-corrected chi connectivity index (χ3v) is 3.96. The Morgan fingerprint density at radius 1 is 1.33 bits per heavy atom. The van der Waals surface area contributed by atoms with Crippen LogP contribution >= 0.6 is 0 Å². The van der Waals surface area contributed by atoms with E-state index in [1.54, 1.807) is 0 Å². The van der Waals surface area contributed by atoms with Gasteiger partial charge >= 0.3 is 0 Å². The minimum Gasteiger partial charge on any atom is -0.370 e. The van der Waals surface area contributed by atoms with E-state index >= 15 is 0 Å². The van der Waals surface area contributed by atoms with Gasteiger partial charge in [-0.1, -0.05) is 6.07 Å². The number of aromatic nitrogens is 1. The van der Waals surface area contributed by atoms with Gasteiger partial charge in [0.1, 0.15) is 11.8 Å². The molecule has 21 heavy (non-hydrogen) atoms. The summed E-state index contributed by atoms with van der Waals surface area (Å²) >= 11 is 5.09. The minimum atomic E-state index is -0.215. The lowest BCUT2D eigenvalue weighted by Gasteiger charge is -2.26. The van der Waals surface area contributed by atoms with Crippen LogP contribution < -0.4 is 4.84 Å². The molecule has 2 heterocycles. The second kappa shape index (κ2) is 4.61. The SMILES string of the molecule is Cn1ccc(-c2ccc3c(c2)C(C)(C)C=[N+]([S-])O3)c1C#N. The Labute approximate surface area is 129 Å². The molecule has 0 bridgehead atoms. The third kappa shape index (κ3) is 2.18. The van der Waals surface area contributed by atoms with Gasteiger partial charge in [-0.05, 0) is 37.6 Å². The van der Waals surface area contributed by atoms with Crippen molar-refractivity contribution in [2.24, 2.45) is 7.05 Å². The molecule has 1 aromatic carbocycles. The molecule has 0 radical (unpaired) electrons. The van der Waals surface area contributed by atoms with Gasteiger partial charge in [0.05, 0.1) is 5.41 Å². The van der Waals surface area contributed by atoms with E-state index < -0.39 is 0 Å². The van der Waals surface area contributed by atoms with Crippen LogP contribution in [0.4, 0.5) is 0 Å². The van der Waals surface area contributed by atoms with Crippen molar-refractivity contribution in [2.75, 3.05) is 0 Å². The molecule has 0 atom stereocenters. The van der Waals surface area contributed by atoms with Crippen LogP contribution in [0.5, 0.6) is 5.75 Å². The molecule has 106 valence electrons. The summed E-state index contributed by atoms with van der Waals surface area (Å²) < 4.78 is 3.15. The molecular formula is C16H15N3OS. The fourth-order valence-electron chi connectivity index (χ4n) is 2.64. The van der Waals surface area contributed by atoms with Crippen LogP contribution in [0.3, 0.4) is 0 Å². The van der Waals surface area contributed by atoms with Crippen molar-refractivity contribution in [3.8, 4) is 22.9 Å². The summed E-state index contributed by atoms with van der Waals surface area (Å²) in [5.74, 6) is 0.760. The highest BCUT2D eigenvalue weighted by Gasteiger charge is 2.32. The zero-order valence-corrected chi connectivity index (χ0v) is 12.9. The first kappa shape index (κ1) is 13.7. The lowest BCUT2D eigenvalue weighted by molar-refractivity contribution is -0.611. The van der Waals surface area contributed by atoms with E-state index in [0.717, 1.165) is 22.4 Å². The van der Waals surface area contributed by atoms with E-state index in [9.17, 15) is 5.26 Å². The molecule has 0 N–H and O–H groups in total. The van der Waals surface area contributed by atoms with Gasteiger partial charge in [0.2, 0.25) is 5.75 Å². The molecule has 0 saturated carbocycles. The van der Waals surface area contributed by atoms with Crippen LogP contribution in [0.2, 0.25) is 0 Å². The first-order valence-corrected chi connectivity index (χ1v) is 6.99. The molecule has 0 saturated heterocycles. The van der Waals surface area contributed by atoms with Crippen molar-refractivity contribution in [2.45, 2.75) is 19.3 Å². The second-order valence-corrected chi connectivity index (χ2v) is 6.10. The molecule has 2 aromatic rings. The highest BCUT2D eigenvalue weighted by molar-refractivity contribution is 7.51. The van der Waals surface area contributed by atoms with E-state index in [1.807, 2.05) is 42.2 Å². The molecule has 0 spiro atoms. The topological polar surface area (TPSA) is 41.0 Å². The number of fused-ring (bicyclic) bond motifs is 1. The maximum Gasteiger partial charge on any atom is 0.206 e. The third-order valence-electron chi connectivity index (χ3n) is 3.78. The van der Waals surface area contributed by atoms with Crippen LogP contribution in [-0.4, -0.2) is 14.9 Å². The van der Waals surface area contributed by atoms with E-state index in [4.69, 9.17) is 17.7 Å². The summed E-state index contributed by atoms with van der Waals surface area (Å²) in [6.45, 7) is 4.18. The van der Waals surface area contributed by atoms with E-state index in [1.165, 1.54) is 4.14 Å². The zero-order valence-electron chi connectivity index (χ0n) is 12.1. The number of aryl methyl sites for hydroxylation is 1. The molecule has 0 aliphatic carbocycles. The number of nitrogens with zero attached hydrogens (tertiary/aromatic N) is 3. The highest BCUT2D eigenvalue weighted by Crippen LogP contribution is 2.37. The van der Waals surface area contributed by atoms with Crippen molar-refractivity contribution < 1.29 is 8.98 Å². The Morgan fingerprint density at radius 2 is 2.10 bits per heavy atom. The average molecular weight is 297 g/mol. The van der Waals surface area contributed by atoms with Crippen molar-refractivity contribution in [1.82, 2.24) is 4.57 Å². The molecule has 1 aliphatic heterocycles. The Balaban J connectivity index is 2.16. The van der Waals surface area contributed by atoms with Gasteiger partial charge in [-0.3, -0.25) is 4.84 Å². The van der Waals surface area contributed by atoms with Crippen molar-refractivity contribution in [1.29, 1.82) is 5.26 Å². The summed E-state index contributed by atoms with van der Waals surface area (Å²) in [4.78, 5) is 5.54. The zero-order chi connectivity index (χ0) is 15.2.